The van der Waals surface area contributed by atoms with Crippen molar-refractivity contribution >= 4 is 11.6 Å². The zero-order valence-electron chi connectivity index (χ0n) is 13.3. The van der Waals surface area contributed by atoms with Crippen LogP contribution in [0.5, 0.6) is 17.2 Å². The van der Waals surface area contributed by atoms with E-state index in [-0.39, 0.29) is 18.2 Å². The number of hydrogen-bond donors (Lipinski definition) is 2. The Balaban J connectivity index is 1.56. The highest BCUT2D eigenvalue weighted by atomic mass is 16.7. The zero-order chi connectivity index (χ0) is 17.4. The van der Waals surface area contributed by atoms with Gasteiger partial charge in [0, 0.05) is 11.6 Å². The van der Waals surface area contributed by atoms with Crippen LogP contribution in [0.4, 0.5) is 5.69 Å². The SMILES string of the molecule is Cc1ccc(O)c(NC(=O)c2cc(-c3ccc4c(c3)OCO4)on2)c1. The van der Waals surface area contributed by atoms with Gasteiger partial charge in [-0.25, -0.2) is 0 Å². The van der Waals surface area contributed by atoms with Crippen LogP contribution >= 0.6 is 0 Å². The van der Waals surface area contributed by atoms with Crippen LogP contribution in [0.3, 0.4) is 0 Å². The van der Waals surface area contributed by atoms with E-state index in [4.69, 9.17) is 14.0 Å². The van der Waals surface area contributed by atoms with E-state index in [1.807, 2.05) is 6.92 Å². The van der Waals surface area contributed by atoms with Gasteiger partial charge in [-0.15, -0.1) is 0 Å². The Morgan fingerprint density at radius 1 is 1.12 bits per heavy atom. The predicted molar refractivity (Wildman–Crippen MR) is 88.9 cm³/mol. The highest BCUT2D eigenvalue weighted by Crippen LogP contribution is 2.36. The van der Waals surface area contributed by atoms with E-state index in [1.165, 1.54) is 12.1 Å². The van der Waals surface area contributed by atoms with E-state index in [2.05, 4.69) is 10.5 Å². The fraction of sp³-hybridized carbons (Fsp3) is 0.111. The van der Waals surface area contributed by atoms with Crippen LogP contribution in [0.1, 0.15) is 16.1 Å². The number of benzene rings is 2. The molecular formula is C18H14N2O5. The number of amides is 1. The lowest BCUT2D eigenvalue weighted by molar-refractivity contribution is 0.101. The number of ether oxygens (including phenoxy) is 2. The molecule has 2 N–H and O–H groups in total. The molecule has 126 valence electrons. The fourth-order valence-electron chi connectivity index (χ4n) is 2.50. The molecule has 25 heavy (non-hydrogen) atoms. The maximum atomic E-state index is 12.3. The summed E-state index contributed by atoms with van der Waals surface area (Å²) in [5.74, 6) is 1.22. The fourth-order valence-corrected chi connectivity index (χ4v) is 2.50. The van der Waals surface area contributed by atoms with E-state index < -0.39 is 5.91 Å². The molecule has 4 rings (SSSR count). The summed E-state index contributed by atoms with van der Waals surface area (Å²) < 4.78 is 15.8. The molecule has 7 nitrogen and oxygen atoms in total. The van der Waals surface area contributed by atoms with Gasteiger partial charge in [0.1, 0.15) is 5.75 Å². The number of carbonyl (C=O) groups excluding carboxylic acids is 1. The van der Waals surface area contributed by atoms with Crippen LogP contribution < -0.4 is 14.8 Å². The molecule has 0 radical (unpaired) electrons. The van der Waals surface area contributed by atoms with E-state index in [1.54, 1.807) is 30.3 Å². The number of aromatic hydroxyl groups is 1. The van der Waals surface area contributed by atoms with Gasteiger partial charge in [-0.2, -0.15) is 0 Å². The van der Waals surface area contributed by atoms with E-state index >= 15 is 0 Å². The molecule has 0 unspecified atom stereocenters. The van der Waals surface area contributed by atoms with Gasteiger partial charge in [0.05, 0.1) is 5.69 Å². The first-order valence-electron chi connectivity index (χ1n) is 7.58. The average Bonchev–Trinajstić information content (AvgIpc) is 3.26. The zero-order valence-corrected chi connectivity index (χ0v) is 13.3. The van der Waals surface area contributed by atoms with Crippen molar-refractivity contribution in [1.82, 2.24) is 5.16 Å². The molecule has 0 fully saturated rings. The number of phenolic OH excluding ortho intramolecular Hbond substituents is 1. The van der Waals surface area contributed by atoms with Crippen molar-refractivity contribution in [3.05, 3.63) is 53.7 Å². The monoisotopic (exact) mass is 338 g/mol. The van der Waals surface area contributed by atoms with E-state index in [0.717, 1.165) is 5.56 Å². The van der Waals surface area contributed by atoms with Crippen molar-refractivity contribution < 1.29 is 23.9 Å². The Labute approximate surface area is 142 Å². The second kappa shape index (κ2) is 5.86. The molecule has 1 aliphatic heterocycles. The number of aromatic nitrogens is 1. The molecule has 7 heteroatoms. The van der Waals surface area contributed by atoms with Crippen molar-refractivity contribution in [3.8, 4) is 28.6 Å². The summed E-state index contributed by atoms with van der Waals surface area (Å²) in [5, 5.41) is 16.2. The molecule has 0 aliphatic carbocycles. The first-order chi connectivity index (χ1) is 12.1. The van der Waals surface area contributed by atoms with Crippen LogP contribution in [-0.4, -0.2) is 23.0 Å². The Hall–Kier alpha value is -3.48. The molecule has 0 saturated heterocycles. The lowest BCUT2D eigenvalue weighted by Gasteiger charge is -2.06. The normalized spacial score (nSPS) is 12.2. The molecule has 3 aromatic rings. The first kappa shape index (κ1) is 15.1. The third kappa shape index (κ3) is 2.87. The van der Waals surface area contributed by atoms with Gasteiger partial charge in [-0.3, -0.25) is 4.79 Å². The number of hydrogen-bond acceptors (Lipinski definition) is 6. The maximum absolute atomic E-state index is 12.3. The topological polar surface area (TPSA) is 93.8 Å². The Kier molecular flexibility index (Phi) is 3.53. The van der Waals surface area contributed by atoms with Crippen molar-refractivity contribution in [1.29, 1.82) is 0 Å². The minimum atomic E-state index is -0.475. The molecule has 1 aromatic heterocycles. The molecule has 1 amide bonds. The van der Waals surface area contributed by atoms with Crippen LogP contribution in [-0.2, 0) is 0 Å². The Morgan fingerprint density at radius 2 is 1.96 bits per heavy atom. The number of aryl methyl sites for hydroxylation is 1. The Bertz CT molecular complexity index is 964. The molecule has 2 aromatic carbocycles. The lowest BCUT2D eigenvalue weighted by Crippen LogP contribution is -2.12. The summed E-state index contributed by atoms with van der Waals surface area (Å²) in [6, 6.07) is 11.8. The minimum Gasteiger partial charge on any atom is -0.506 e. The largest absolute Gasteiger partial charge is 0.506 e. The highest BCUT2D eigenvalue weighted by molar-refractivity contribution is 6.04. The molecule has 0 spiro atoms. The maximum Gasteiger partial charge on any atom is 0.277 e. The molecule has 0 saturated carbocycles. The number of nitrogens with zero attached hydrogens (tertiary/aromatic N) is 1. The van der Waals surface area contributed by atoms with Crippen molar-refractivity contribution in [2.24, 2.45) is 0 Å². The van der Waals surface area contributed by atoms with Crippen LogP contribution in [0, 0.1) is 6.92 Å². The lowest BCUT2D eigenvalue weighted by atomic mass is 10.1. The van der Waals surface area contributed by atoms with Gasteiger partial charge in [0.25, 0.3) is 5.91 Å². The summed E-state index contributed by atoms with van der Waals surface area (Å²) in [5.41, 5.74) is 2.05. The summed E-state index contributed by atoms with van der Waals surface area (Å²) in [6.45, 7) is 2.05. The number of fused-ring (bicyclic) bond motifs is 1. The first-order valence-corrected chi connectivity index (χ1v) is 7.58. The number of carbonyl (C=O) groups is 1. The number of anilines is 1. The molecule has 0 atom stereocenters. The van der Waals surface area contributed by atoms with Crippen molar-refractivity contribution in [3.63, 3.8) is 0 Å². The third-order valence-corrected chi connectivity index (χ3v) is 3.80. The van der Waals surface area contributed by atoms with Crippen molar-refractivity contribution in [2.45, 2.75) is 6.92 Å². The number of rotatable bonds is 3. The highest BCUT2D eigenvalue weighted by Gasteiger charge is 2.18. The van der Waals surface area contributed by atoms with Crippen molar-refractivity contribution in [2.75, 3.05) is 12.1 Å². The smallest absolute Gasteiger partial charge is 0.277 e. The standard InChI is InChI=1S/C18H14N2O5/c1-10-2-4-14(21)12(6-10)19-18(22)13-8-16(25-20-13)11-3-5-15-17(7-11)24-9-23-15/h2-8,21H,9H2,1H3,(H,19,22). The summed E-state index contributed by atoms with van der Waals surface area (Å²) >= 11 is 0. The second-order valence-corrected chi connectivity index (χ2v) is 5.62. The van der Waals surface area contributed by atoms with Gasteiger partial charge in [0.2, 0.25) is 6.79 Å². The predicted octanol–water partition coefficient (Wildman–Crippen LogP) is 3.34. The van der Waals surface area contributed by atoms with E-state index in [0.29, 0.717) is 28.5 Å². The summed E-state index contributed by atoms with van der Waals surface area (Å²) in [7, 11) is 0. The summed E-state index contributed by atoms with van der Waals surface area (Å²) in [4.78, 5) is 12.3. The number of nitrogens with one attached hydrogen (secondary N) is 1. The van der Waals surface area contributed by atoms with Gasteiger partial charge >= 0.3 is 0 Å². The Morgan fingerprint density at radius 3 is 2.84 bits per heavy atom. The van der Waals surface area contributed by atoms with Gasteiger partial charge < -0.3 is 24.4 Å². The van der Waals surface area contributed by atoms with Crippen LogP contribution in [0.2, 0.25) is 0 Å². The van der Waals surface area contributed by atoms with Crippen LogP contribution in [0.15, 0.2) is 47.0 Å². The summed E-state index contributed by atoms with van der Waals surface area (Å²) in [6.07, 6.45) is 0. The van der Waals surface area contributed by atoms with Crippen LogP contribution in [0.25, 0.3) is 11.3 Å². The molecule has 2 heterocycles. The molecule has 1 aliphatic rings. The average molecular weight is 338 g/mol. The van der Waals surface area contributed by atoms with E-state index in [9.17, 15) is 9.90 Å². The minimum absolute atomic E-state index is 0.0153. The second-order valence-electron chi connectivity index (χ2n) is 5.62. The van der Waals surface area contributed by atoms with Gasteiger partial charge in [0.15, 0.2) is 23.0 Å². The third-order valence-electron chi connectivity index (χ3n) is 3.80. The number of phenols is 1. The molecular weight excluding hydrogens is 324 g/mol. The van der Waals surface area contributed by atoms with Gasteiger partial charge in [-0.1, -0.05) is 11.2 Å². The molecule has 0 bridgehead atoms. The quantitative estimate of drug-likeness (QED) is 0.712. The van der Waals surface area contributed by atoms with Gasteiger partial charge in [-0.05, 0) is 42.8 Å².